The maximum atomic E-state index is 10.6. The highest BCUT2D eigenvalue weighted by molar-refractivity contribution is 7.12. The van der Waals surface area contributed by atoms with Crippen LogP contribution in [0.1, 0.15) is 20.9 Å². The summed E-state index contributed by atoms with van der Waals surface area (Å²) < 4.78 is 0. The summed E-state index contributed by atoms with van der Waals surface area (Å²) in [5.41, 5.74) is 2.58. The molecule has 0 fully saturated rings. The number of rotatable bonds is 6. The predicted molar refractivity (Wildman–Crippen MR) is 77.4 cm³/mol. The zero-order valence-corrected chi connectivity index (χ0v) is 11.7. The Bertz CT molecular complexity index is 563. The van der Waals surface area contributed by atoms with Crippen molar-refractivity contribution in [3.8, 4) is 0 Å². The van der Waals surface area contributed by atoms with Crippen LogP contribution in [0.25, 0.3) is 0 Å². The lowest BCUT2D eigenvalue weighted by molar-refractivity contribution is -0.136. The molecule has 0 spiro atoms. The van der Waals surface area contributed by atoms with E-state index in [1.165, 1.54) is 16.0 Å². The lowest BCUT2D eigenvalue weighted by Gasteiger charge is -2.06. The fourth-order valence-corrected chi connectivity index (χ4v) is 2.87. The number of nitrogens with one attached hydrogen (secondary N) is 1. The largest absolute Gasteiger partial charge is 0.481 e. The van der Waals surface area contributed by atoms with Gasteiger partial charge in [-0.15, -0.1) is 11.3 Å². The van der Waals surface area contributed by atoms with Crippen LogP contribution in [-0.2, 0) is 24.3 Å². The number of aliphatic carboxylic acids is 1. The summed E-state index contributed by atoms with van der Waals surface area (Å²) >= 11 is 1.56. The topological polar surface area (TPSA) is 49.3 Å². The lowest BCUT2D eigenvalue weighted by Crippen LogP contribution is -2.12. The Kier molecular flexibility index (Phi) is 4.71. The van der Waals surface area contributed by atoms with Gasteiger partial charge in [0.05, 0.1) is 6.42 Å². The first-order valence-electron chi connectivity index (χ1n) is 6.20. The van der Waals surface area contributed by atoms with Gasteiger partial charge in [0.25, 0.3) is 0 Å². The molecule has 0 saturated carbocycles. The molecule has 0 aliphatic heterocycles. The van der Waals surface area contributed by atoms with Crippen LogP contribution in [0, 0.1) is 6.92 Å². The van der Waals surface area contributed by atoms with Crippen LogP contribution in [0.5, 0.6) is 0 Å². The quantitative estimate of drug-likeness (QED) is 0.852. The van der Waals surface area contributed by atoms with E-state index in [0.29, 0.717) is 0 Å². The molecule has 0 aliphatic rings. The van der Waals surface area contributed by atoms with Gasteiger partial charge in [-0.05, 0) is 30.2 Å². The van der Waals surface area contributed by atoms with Crippen LogP contribution in [0.15, 0.2) is 36.4 Å². The molecule has 0 atom stereocenters. The van der Waals surface area contributed by atoms with Crippen LogP contribution >= 0.6 is 11.3 Å². The fourth-order valence-electron chi connectivity index (χ4n) is 1.89. The Balaban J connectivity index is 1.84. The van der Waals surface area contributed by atoms with E-state index in [9.17, 15) is 4.79 Å². The molecule has 1 aromatic carbocycles. The minimum absolute atomic E-state index is 0.114. The summed E-state index contributed by atoms with van der Waals surface area (Å²) in [6.07, 6.45) is 0.114. The second kappa shape index (κ2) is 6.50. The van der Waals surface area contributed by atoms with E-state index in [2.05, 4.69) is 24.4 Å². The zero-order chi connectivity index (χ0) is 13.7. The van der Waals surface area contributed by atoms with Crippen molar-refractivity contribution in [1.82, 2.24) is 5.32 Å². The van der Waals surface area contributed by atoms with Gasteiger partial charge < -0.3 is 10.4 Å². The molecule has 4 heteroatoms. The molecule has 0 unspecified atom stereocenters. The predicted octanol–water partition coefficient (Wildman–Crippen LogP) is 2.97. The van der Waals surface area contributed by atoms with Gasteiger partial charge in [-0.2, -0.15) is 0 Å². The van der Waals surface area contributed by atoms with E-state index in [1.54, 1.807) is 11.3 Å². The van der Waals surface area contributed by atoms with Gasteiger partial charge in [-0.1, -0.05) is 24.3 Å². The van der Waals surface area contributed by atoms with Crippen LogP contribution in [0.3, 0.4) is 0 Å². The minimum Gasteiger partial charge on any atom is -0.481 e. The zero-order valence-electron chi connectivity index (χ0n) is 10.8. The Labute approximate surface area is 116 Å². The highest BCUT2D eigenvalue weighted by Gasteiger charge is 2.04. The van der Waals surface area contributed by atoms with Crippen molar-refractivity contribution in [1.29, 1.82) is 0 Å². The monoisotopic (exact) mass is 275 g/mol. The lowest BCUT2D eigenvalue weighted by atomic mass is 10.1. The Morgan fingerprint density at radius 1 is 1.16 bits per heavy atom. The Morgan fingerprint density at radius 2 is 1.89 bits per heavy atom. The molecule has 2 rings (SSSR count). The summed E-state index contributed by atoms with van der Waals surface area (Å²) in [4.78, 5) is 12.7. The van der Waals surface area contributed by atoms with Crippen LogP contribution in [0.4, 0.5) is 0 Å². The molecule has 1 aromatic heterocycles. The van der Waals surface area contributed by atoms with Crippen LogP contribution in [0.2, 0.25) is 0 Å². The molecule has 19 heavy (non-hydrogen) atoms. The first-order chi connectivity index (χ1) is 9.15. The molecule has 0 radical (unpaired) electrons. The minimum atomic E-state index is -0.777. The molecular weight excluding hydrogens is 258 g/mol. The van der Waals surface area contributed by atoms with E-state index in [1.807, 2.05) is 24.3 Å². The Hall–Kier alpha value is -1.65. The molecule has 3 nitrogen and oxygen atoms in total. The average molecular weight is 275 g/mol. The number of benzene rings is 1. The van der Waals surface area contributed by atoms with Crippen molar-refractivity contribution in [2.75, 3.05) is 0 Å². The summed E-state index contributed by atoms with van der Waals surface area (Å²) in [5, 5.41) is 12.1. The first kappa shape index (κ1) is 13.8. The molecule has 0 bridgehead atoms. The number of hydrogen-bond acceptors (Lipinski definition) is 3. The summed E-state index contributed by atoms with van der Waals surface area (Å²) in [6.45, 7) is 3.71. The summed E-state index contributed by atoms with van der Waals surface area (Å²) in [7, 11) is 0. The van der Waals surface area contributed by atoms with E-state index in [0.717, 1.165) is 18.0 Å². The molecule has 100 valence electrons. The maximum Gasteiger partial charge on any atom is 0.308 e. The van der Waals surface area contributed by atoms with Gasteiger partial charge in [0.1, 0.15) is 0 Å². The van der Waals surface area contributed by atoms with Crippen molar-refractivity contribution in [2.24, 2.45) is 0 Å². The van der Waals surface area contributed by atoms with Gasteiger partial charge in [0.15, 0.2) is 0 Å². The SMILES string of the molecule is Cc1ccccc1CNCc1ccc(CC(=O)O)s1. The Morgan fingerprint density at radius 3 is 2.63 bits per heavy atom. The average Bonchev–Trinajstić information content (AvgIpc) is 2.78. The number of aryl methyl sites for hydroxylation is 1. The highest BCUT2D eigenvalue weighted by atomic mass is 32.1. The molecule has 0 aliphatic carbocycles. The van der Waals surface area contributed by atoms with Crippen LogP contribution < -0.4 is 5.32 Å². The van der Waals surface area contributed by atoms with Crippen molar-refractivity contribution >= 4 is 17.3 Å². The second-order valence-electron chi connectivity index (χ2n) is 4.47. The standard InChI is InChI=1S/C15H17NO2S/c1-11-4-2-3-5-12(11)9-16-10-14-7-6-13(19-14)8-15(17)18/h2-7,16H,8-10H2,1H3,(H,17,18). The molecular formula is C15H17NO2S. The summed E-state index contributed by atoms with van der Waals surface area (Å²) in [5.74, 6) is -0.777. The van der Waals surface area contributed by atoms with E-state index >= 15 is 0 Å². The summed E-state index contributed by atoms with van der Waals surface area (Å²) in [6, 6.07) is 12.2. The molecule has 1 heterocycles. The van der Waals surface area contributed by atoms with Gasteiger partial charge >= 0.3 is 5.97 Å². The van der Waals surface area contributed by atoms with Gasteiger partial charge in [-0.3, -0.25) is 4.79 Å². The molecule has 0 saturated heterocycles. The first-order valence-corrected chi connectivity index (χ1v) is 7.01. The van der Waals surface area contributed by atoms with E-state index < -0.39 is 5.97 Å². The van der Waals surface area contributed by atoms with Crippen molar-refractivity contribution in [2.45, 2.75) is 26.4 Å². The highest BCUT2D eigenvalue weighted by Crippen LogP contribution is 2.17. The third-order valence-corrected chi connectivity index (χ3v) is 4.00. The van der Waals surface area contributed by atoms with Gasteiger partial charge in [0.2, 0.25) is 0 Å². The van der Waals surface area contributed by atoms with Gasteiger partial charge in [0, 0.05) is 22.8 Å². The third kappa shape index (κ3) is 4.19. The fraction of sp³-hybridized carbons (Fsp3) is 0.267. The number of carbonyl (C=O) groups is 1. The molecule has 2 aromatic rings. The van der Waals surface area contributed by atoms with E-state index in [-0.39, 0.29) is 6.42 Å². The number of carboxylic acid groups (broad SMARTS) is 1. The maximum absolute atomic E-state index is 10.6. The molecule has 0 amide bonds. The number of carboxylic acids is 1. The molecule has 2 N–H and O–H groups in total. The normalized spacial score (nSPS) is 10.6. The number of thiophene rings is 1. The second-order valence-corrected chi connectivity index (χ2v) is 5.72. The van der Waals surface area contributed by atoms with E-state index in [4.69, 9.17) is 5.11 Å². The number of hydrogen-bond donors (Lipinski definition) is 2. The van der Waals surface area contributed by atoms with Crippen molar-refractivity contribution in [3.05, 3.63) is 57.3 Å². The van der Waals surface area contributed by atoms with Gasteiger partial charge in [-0.25, -0.2) is 0 Å². The van der Waals surface area contributed by atoms with Crippen molar-refractivity contribution < 1.29 is 9.90 Å². The van der Waals surface area contributed by atoms with Crippen LogP contribution in [-0.4, -0.2) is 11.1 Å². The van der Waals surface area contributed by atoms with Crippen molar-refractivity contribution in [3.63, 3.8) is 0 Å². The smallest absolute Gasteiger partial charge is 0.308 e. The third-order valence-electron chi connectivity index (χ3n) is 2.92.